The van der Waals surface area contributed by atoms with Crippen LogP contribution in [0.4, 0.5) is 17.3 Å². The summed E-state index contributed by atoms with van der Waals surface area (Å²) in [5.74, 6) is -0.942. The number of non-ortho nitro benzene ring substituents is 1. The summed E-state index contributed by atoms with van der Waals surface area (Å²) in [7, 11) is 0. The quantitative estimate of drug-likeness (QED) is 0.633. The monoisotopic (exact) mass is 316 g/mol. The molecule has 0 bridgehead atoms. The van der Waals surface area contributed by atoms with Crippen molar-refractivity contribution in [3.63, 3.8) is 0 Å². The second kappa shape index (κ2) is 5.83. The fourth-order valence-corrected chi connectivity index (χ4v) is 2.29. The van der Waals surface area contributed by atoms with Crippen LogP contribution in [0.2, 0.25) is 0 Å². The molecule has 1 aliphatic rings. The number of amides is 2. The number of nitrogens with zero attached hydrogens (tertiary/aromatic N) is 4. The number of nitro benzene ring substituents is 1. The van der Waals surface area contributed by atoms with Crippen molar-refractivity contribution < 1.29 is 14.5 Å². The molecular formula is C13H12N6O4. The van der Waals surface area contributed by atoms with E-state index in [4.69, 9.17) is 0 Å². The lowest BCUT2D eigenvalue weighted by molar-refractivity contribution is -0.384. The van der Waals surface area contributed by atoms with Crippen molar-refractivity contribution in [1.82, 2.24) is 14.8 Å². The Kier molecular flexibility index (Phi) is 3.71. The van der Waals surface area contributed by atoms with Gasteiger partial charge in [-0.15, -0.1) is 0 Å². The molecule has 23 heavy (non-hydrogen) atoms. The van der Waals surface area contributed by atoms with E-state index in [1.165, 1.54) is 29.2 Å². The number of rotatable bonds is 4. The van der Waals surface area contributed by atoms with Crippen LogP contribution in [0.25, 0.3) is 0 Å². The van der Waals surface area contributed by atoms with Crippen molar-refractivity contribution in [3.05, 3.63) is 40.7 Å². The summed E-state index contributed by atoms with van der Waals surface area (Å²) in [5.41, 5.74) is 0.187. The van der Waals surface area contributed by atoms with Gasteiger partial charge < -0.3 is 5.32 Å². The SMILES string of the molecule is O=C(CC1Cn2ncnc2NC1=O)Nc1cccc([N+](=O)[O-])c1. The van der Waals surface area contributed by atoms with Gasteiger partial charge in [0, 0.05) is 24.2 Å². The first-order chi connectivity index (χ1) is 11.0. The zero-order valence-corrected chi connectivity index (χ0v) is 11.8. The largest absolute Gasteiger partial charge is 0.326 e. The molecule has 2 N–H and O–H groups in total. The molecule has 0 radical (unpaired) electrons. The lowest BCUT2D eigenvalue weighted by atomic mass is 10.0. The predicted molar refractivity (Wildman–Crippen MR) is 78.5 cm³/mol. The summed E-state index contributed by atoms with van der Waals surface area (Å²) >= 11 is 0. The molecule has 1 unspecified atom stereocenters. The van der Waals surface area contributed by atoms with Crippen LogP contribution in [-0.4, -0.2) is 31.5 Å². The summed E-state index contributed by atoms with van der Waals surface area (Å²) in [6.45, 7) is 0.253. The number of aromatic nitrogens is 3. The van der Waals surface area contributed by atoms with E-state index in [0.29, 0.717) is 11.6 Å². The fourth-order valence-electron chi connectivity index (χ4n) is 2.29. The van der Waals surface area contributed by atoms with Gasteiger partial charge in [0.2, 0.25) is 17.8 Å². The number of hydrogen-bond acceptors (Lipinski definition) is 6. The fraction of sp³-hybridized carbons (Fsp3) is 0.231. The van der Waals surface area contributed by atoms with Crippen LogP contribution in [0.5, 0.6) is 0 Å². The van der Waals surface area contributed by atoms with Gasteiger partial charge in [-0.3, -0.25) is 25.0 Å². The van der Waals surface area contributed by atoms with Crippen LogP contribution < -0.4 is 10.6 Å². The van der Waals surface area contributed by atoms with Crippen molar-refractivity contribution in [2.75, 3.05) is 10.6 Å². The third-order valence-corrected chi connectivity index (χ3v) is 3.39. The Bertz CT molecular complexity index is 786. The van der Waals surface area contributed by atoms with E-state index in [9.17, 15) is 19.7 Å². The van der Waals surface area contributed by atoms with Gasteiger partial charge in [0.15, 0.2) is 0 Å². The van der Waals surface area contributed by atoms with E-state index in [1.807, 2.05) is 0 Å². The lowest BCUT2D eigenvalue weighted by Gasteiger charge is -2.21. The first-order valence-electron chi connectivity index (χ1n) is 6.76. The molecule has 0 spiro atoms. The molecule has 0 saturated heterocycles. The van der Waals surface area contributed by atoms with Gasteiger partial charge >= 0.3 is 0 Å². The summed E-state index contributed by atoms with van der Waals surface area (Å²) in [6.07, 6.45) is 1.26. The molecule has 10 nitrogen and oxygen atoms in total. The van der Waals surface area contributed by atoms with Crippen LogP contribution in [0.1, 0.15) is 6.42 Å². The third kappa shape index (κ3) is 3.15. The van der Waals surface area contributed by atoms with Crippen LogP contribution >= 0.6 is 0 Å². The highest BCUT2D eigenvalue weighted by molar-refractivity contribution is 5.98. The highest BCUT2D eigenvalue weighted by atomic mass is 16.6. The maximum atomic E-state index is 12.1. The maximum absolute atomic E-state index is 12.1. The van der Waals surface area contributed by atoms with Crippen molar-refractivity contribution in [1.29, 1.82) is 0 Å². The number of benzene rings is 1. The zero-order chi connectivity index (χ0) is 16.4. The van der Waals surface area contributed by atoms with Gasteiger partial charge in [0.25, 0.3) is 5.69 Å². The van der Waals surface area contributed by atoms with Crippen LogP contribution in [-0.2, 0) is 16.1 Å². The van der Waals surface area contributed by atoms with E-state index in [-0.39, 0.29) is 24.6 Å². The zero-order valence-electron chi connectivity index (χ0n) is 11.8. The molecular weight excluding hydrogens is 304 g/mol. The van der Waals surface area contributed by atoms with Crippen LogP contribution in [0.3, 0.4) is 0 Å². The Morgan fingerprint density at radius 3 is 3.13 bits per heavy atom. The summed E-state index contributed by atoms with van der Waals surface area (Å²) in [5, 5.41) is 19.8. The van der Waals surface area contributed by atoms with E-state index in [0.717, 1.165) is 0 Å². The van der Waals surface area contributed by atoms with Gasteiger partial charge in [-0.05, 0) is 6.07 Å². The summed E-state index contributed by atoms with van der Waals surface area (Å²) < 4.78 is 1.51. The molecule has 1 aliphatic heterocycles. The van der Waals surface area contributed by atoms with Crippen molar-refractivity contribution in [2.24, 2.45) is 5.92 Å². The van der Waals surface area contributed by atoms with E-state index < -0.39 is 16.7 Å². The summed E-state index contributed by atoms with van der Waals surface area (Å²) in [6, 6.07) is 5.61. The minimum absolute atomic E-state index is 0.0617. The number of anilines is 2. The van der Waals surface area contributed by atoms with Crippen LogP contribution in [0.15, 0.2) is 30.6 Å². The van der Waals surface area contributed by atoms with Crippen LogP contribution in [0, 0.1) is 16.0 Å². The molecule has 1 aromatic carbocycles. The smallest absolute Gasteiger partial charge is 0.271 e. The molecule has 2 aromatic rings. The first-order valence-corrected chi connectivity index (χ1v) is 6.76. The van der Waals surface area contributed by atoms with Crippen molar-refractivity contribution in [2.45, 2.75) is 13.0 Å². The van der Waals surface area contributed by atoms with Gasteiger partial charge in [-0.2, -0.15) is 10.1 Å². The summed E-state index contributed by atoms with van der Waals surface area (Å²) in [4.78, 5) is 38.0. The molecule has 0 fully saturated rings. The first kappa shape index (κ1) is 14.6. The average molecular weight is 316 g/mol. The lowest BCUT2D eigenvalue weighted by Crippen LogP contribution is -2.36. The highest BCUT2D eigenvalue weighted by Gasteiger charge is 2.29. The Labute approximate surface area is 129 Å². The molecule has 2 amide bonds. The van der Waals surface area contributed by atoms with E-state index in [2.05, 4.69) is 20.7 Å². The van der Waals surface area contributed by atoms with E-state index in [1.54, 1.807) is 6.07 Å². The third-order valence-electron chi connectivity index (χ3n) is 3.39. The normalized spacial score (nSPS) is 16.3. The number of nitro groups is 1. The van der Waals surface area contributed by atoms with Gasteiger partial charge in [0.1, 0.15) is 6.33 Å². The molecule has 0 saturated carbocycles. The minimum atomic E-state index is -0.581. The minimum Gasteiger partial charge on any atom is -0.326 e. The number of nitrogens with one attached hydrogen (secondary N) is 2. The predicted octanol–water partition coefficient (Wildman–Crippen LogP) is 0.783. The Hall–Kier alpha value is -3.30. The average Bonchev–Trinajstić information content (AvgIpc) is 2.94. The second-order valence-corrected chi connectivity index (χ2v) is 5.01. The van der Waals surface area contributed by atoms with Gasteiger partial charge in [-0.25, -0.2) is 4.68 Å². The standard InChI is InChI=1S/C13H12N6O4/c20-11(16-9-2-1-3-10(5-9)19(22)23)4-8-6-18-13(14-7-15-18)17-12(8)21/h1-3,5,7-8H,4,6H2,(H,16,20)(H,14,15,17,21). The Balaban J connectivity index is 1.65. The molecule has 1 aromatic heterocycles. The Morgan fingerprint density at radius 2 is 2.35 bits per heavy atom. The van der Waals surface area contributed by atoms with Crippen molar-refractivity contribution >= 4 is 29.1 Å². The molecule has 3 rings (SSSR count). The molecule has 118 valence electrons. The van der Waals surface area contributed by atoms with E-state index >= 15 is 0 Å². The molecule has 2 heterocycles. The second-order valence-electron chi connectivity index (χ2n) is 5.01. The molecule has 1 atom stereocenters. The van der Waals surface area contributed by atoms with Crippen molar-refractivity contribution in [3.8, 4) is 0 Å². The number of fused-ring (bicyclic) bond motifs is 1. The number of hydrogen-bond donors (Lipinski definition) is 2. The number of carbonyl (C=O) groups excluding carboxylic acids is 2. The van der Waals surface area contributed by atoms with Gasteiger partial charge in [-0.1, -0.05) is 6.07 Å². The van der Waals surface area contributed by atoms with Gasteiger partial charge in [0.05, 0.1) is 17.4 Å². The maximum Gasteiger partial charge on any atom is 0.271 e. The Morgan fingerprint density at radius 1 is 1.52 bits per heavy atom. The number of carbonyl (C=O) groups is 2. The molecule has 0 aliphatic carbocycles. The highest BCUT2D eigenvalue weighted by Crippen LogP contribution is 2.20. The topological polar surface area (TPSA) is 132 Å². The molecule has 10 heteroatoms.